The lowest BCUT2D eigenvalue weighted by Crippen LogP contribution is -2.00. The second-order valence-corrected chi connectivity index (χ2v) is 5.40. The molecule has 0 aliphatic heterocycles. The molecule has 19 heavy (non-hydrogen) atoms. The molecule has 6 heteroatoms. The number of aromatic nitrogens is 2. The summed E-state index contributed by atoms with van der Waals surface area (Å²) in [4.78, 5) is 8.05. The van der Waals surface area contributed by atoms with Gasteiger partial charge in [-0.05, 0) is 17.7 Å². The van der Waals surface area contributed by atoms with E-state index < -0.39 is 0 Å². The molecule has 0 N–H and O–H groups in total. The van der Waals surface area contributed by atoms with Crippen LogP contribution in [0.4, 0.5) is 4.39 Å². The number of rotatable bonds is 4. The zero-order valence-corrected chi connectivity index (χ0v) is 12.4. The Morgan fingerprint density at radius 2 is 2.16 bits per heavy atom. The Morgan fingerprint density at radius 3 is 2.84 bits per heavy atom. The van der Waals surface area contributed by atoms with E-state index in [9.17, 15) is 4.39 Å². The van der Waals surface area contributed by atoms with Crippen molar-refractivity contribution in [1.29, 1.82) is 0 Å². The summed E-state index contributed by atoms with van der Waals surface area (Å²) in [5.41, 5.74) is 1.63. The average Bonchev–Trinajstić information content (AvgIpc) is 2.38. The minimum Gasteiger partial charge on any atom is -0.481 e. The van der Waals surface area contributed by atoms with Gasteiger partial charge in [0.15, 0.2) is 0 Å². The van der Waals surface area contributed by atoms with Gasteiger partial charge in [-0.15, -0.1) is 0 Å². The molecular formula is C13H11BrClFN2O. The first-order valence-electron chi connectivity index (χ1n) is 5.54. The fourth-order valence-corrected chi connectivity index (χ4v) is 2.81. The van der Waals surface area contributed by atoms with Gasteiger partial charge in [0.2, 0.25) is 5.88 Å². The Hall–Kier alpha value is -1.20. The van der Waals surface area contributed by atoms with Gasteiger partial charge in [0.1, 0.15) is 12.1 Å². The summed E-state index contributed by atoms with van der Waals surface area (Å²) < 4.78 is 18.0. The highest BCUT2D eigenvalue weighted by atomic mass is 79.9. The molecule has 2 aromatic rings. The number of hydrogen-bond acceptors (Lipinski definition) is 3. The Bertz CT molecular complexity index is 582. The Morgan fingerprint density at radius 1 is 1.37 bits per heavy atom. The van der Waals surface area contributed by atoms with Crippen molar-refractivity contribution < 1.29 is 9.13 Å². The molecule has 0 bridgehead atoms. The summed E-state index contributed by atoms with van der Waals surface area (Å²) in [6.45, 7) is 0. The number of hydrogen-bond donors (Lipinski definition) is 0. The van der Waals surface area contributed by atoms with E-state index in [0.29, 0.717) is 17.3 Å². The molecule has 2 rings (SSSR count). The Kier molecular flexibility index (Phi) is 4.71. The highest BCUT2D eigenvalue weighted by Crippen LogP contribution is 2.32. The monoisotopic (exact) mass is 344 g/mol. The van der Waals surface area contributed by atoms with Crippen LogP contribution in [0, 0.1) is 5.82 Å². The lowest BCUT2D eigenvalue weighted by atomic mass is 10.1. The molecule has 1 aromatic carbocycles. The van der Waals surface area contributed by atoms with Crippen LogP contribution in [-0.2, 0) is 6.42 Å². The second-order valence-electron chi connectivity index (χ2n) is 3.89. The maximum Gasteiger partial charge on any atom is 0.216 e. The van der Waals surface area contributed by atoms with Gasteiger partial charge >= 0.3 is 0 Å². The van der Waals surface area contributed by atoms with E-state index in [1.807, 2.05) is 0 Å². The number of alkyl halides is 1. The zero-order valence-electron chi connectivity index (χ0n) is 10.1. The average molecular weight is 346 g/mol. The van der Waals surface area contributed by atoms with Crippen molar-refractivity contribution in [2.75, 3.05) is 7.11 Å². The predicted molar refractivity (Wildman–Crippen MR) is 75.4 cm³/mol. The number of methoxy groups -OCH3 is 1. The lowest BCUT2D eigenvalue weighted by molar-refractivity contribution is 0.396. The van der Waals surface area contributed by atoms with Gasteiger partial charge < -0.3 is 4.74 Å². The largest absolute Gasteiger partial charge is 0.481 e. The summed E-state index contributed by atoms with van der Waals surface area (Å²) in [5.74, 6) is 0.159. The first-order chi connectivity index (χ1) is 9.10. The van der Waals surface area contributed by atoms with Gasteiger partial charge in [-0.1, -0.05) is 33.6 Å². The van der Waals surface area contributed by atoms with E-state index in [1.165, 1.54) is 18.5 Å². The third kappa shape index (κ3) is 3.64. The zero-order chi connectivity index (χ0) is 13.8. The number of benzene rings is 1. The minimum absolute atomic E-state index is 0.0554. The van der Waals surface area contributed by atoms with E-state index in [2.05, 4.69) is 25.9 Å². The summed E-state index contributed by atoms with van der Waals surface area (Å²) in [5, 5.41) is 0.392. The smallest absolute Gasteiger partial charge is 0.216 e. The molecule has 1 unspecified atom stereocenters. The van der Waals surface area contributed by atoms with Crippen molar-refractivity contribution in [3.63, 3.8) is 0 Å². The number of nitrogens with zero attached hydrogens (tertiary/aromatic N) is 2. The molecule has 0 saturated heterocycles. The maximum absolute atomic E-state index is 13.0. The van der Waals surface area contributed by atoms with Crippen molar-refractivity contribution >= 4 is 27.5 Å². The van der Waals surface area contributed by atoms with Crippen LogP contribution in [0.3, 0.4) is 0 Å². The molecule has 0 radical (unpaired) electrons. The van der Waals surface area contributed by atoms with Crippen molar-refractivity contribution in [2.24, 2.45) is 0 Å². The molecule has 1 heterocycles. The number of ether oxygens (including phenoxy) is 1. The summed E-state index contributed by atoms with van der Waals surface area (Å²) in [7, 11) is 1.55. The highest BCUT2D eigenvalue weighted by Gasteiger charge is 2.14. The second kappa shape index (κ2) is 6.30. The van der Waals surface area contributed by atoms with Crippen LogP contribution in [0.2, 0.25) is 5.02 Å². The standard InChI is InChI=1S/C13H11BrClFN2O/c1-19-13-6-9(17-7-18-13)5-11(14)10-3-2-8(16)4-12(10)15/h2-4,6-7,11H,5H2,1H3. The molecule has 0 aliphatic carbocycles. The summed E-state index contributed by atoms with van der Waals surface area (Å²) in [6.07, 6.45) is 2.05. The first-order valence-corrected chi connectivity index (χ1v) is 6.83. The van der Waals surface area contributed by atoms with Crippen LogP contribution in [0.25, 0.3) is 0 Å². The molecule has 0 saturated carbocycles. The van der Waals surface area contributed by atoms with Gasteiger partial charge in [-0.25, -0.2) is 14.4 Å². The molecule has 0 amide bonds. The quantitative estimate of drug-likeness (QED) is 0.787. The third-order valence-corrected chi connectivity index (χ3v) is 3.74. The molecular weight excluding hydrogens is 335 g/mol. The molecule has 100 valence electrons. The van der Waals surface area contributed by atoms with Crippen molar-refractivity contribution in [2.45, 2.75) is 11.2 Å². The van der Waals surface area contributed by atoms with Gasteiger partial charge in [0, 0.05) is 28.0 Å². The van der Waals surface area contributed by atoms with Crippen molar-refractivity contribution in [3.8, 4) is 5.88 Å². The Labute approximate surface area is 123 Å². The summed E-state index contributed by atoms with van der Waals surface area (Å²) >= 11 is 9.56. The van der Waals surface area contributed by atoms with E-state index in [4.69, 9.17) is 16.3 Å². The van der Waals surface area contributed by atoms with Crippen molar-refractivity contribution in [3.05, 3.63) is 52.7 Å². The van der Waals surface area contributed by atoms with E-state index in [0.717, 1.165) is 11.3 Å². The fraction of sp³-hybridized carbons (Fsp3) is 0.231. The Balaban J connectivity index is 2.17. The van der Waals surface area contributed by atoms with Crippen LogP contribution in [0.5, 0.6) is 5.88 Å². The molecule has 1 atom stereocenters. The van der Waals surface area contributed by atoms with Crippen molar-refractivity contribution in [1.82, 2.24) is 9.97 Å². The van der Waals surface area contributed by atoms with Gasteiger partial charge in [0.05, 0.1) is 7.11 Å². The minimum atomic E-state index is -0.350. The van der Waals surface area contributed by atoms with E-state index in [1.54, 1.807) is 19.2 Å². The van der Waals surface area contributed by atoms with Gasteiger partial charge in [-0.2, -0.15) is 0 Å². The van der Waals surface area contributed by atoms with Gasteiger partial charge in [-0.3, -0.25) is 0 Å². The van der Waals surface area contributed by atoms with Crippen LogP contribution >= 0.6 is 27.5 Å². The van der Waals surface area contributed by atoms with Crippen LogP contribution in [0.15, 0.2) is 30.6 Å². The summed E-state index contributed by atoms with van der Waals surface area (Å²) in [6, 6.07) is 6.10. The van der Waals surface area contributed by atoms with Gasteiger partial charge in [0.25, 0.3) is 0 Å². The number of halogens is 3. The van der Waals surface area contributed by atoms with Crippen LogP contribution in [-0.4, -0.2) is 17.1 Å². The predicted octanol–water partition coefficient (Wildman–Crippen LogP) is 3.96. The first kappa shape index (κ1) is 14.2. The normalized spacial score (nSPS) is 12.2. The van der Waals surface area contributed by atoms with E-state index in [-0.39, 0.29) is 10.6 Å². The maximum atomic E-state index is 13.0. The van der Waals surface area contributed by atoms with E-state index >= 15 is 0 Å². The lowest BCUT2D eigenvalue weighted by Gasteiger charge is -2.12. The molecule has 0 fully saturated rings. The molecule has 0 aliphatic rings. The van der Waals surface area contributed by atoms with Crippen LogP contribution in [0.1, 0.15) is 16.1 Å². The third-order valence-electron chi connectivity index (χ3n) is 2.60. The molecule has 0 spiro atoms. The van der Waals surface area contributed by atoms with Crippen LogP contribution < -0.4 is 4.74 Å². The topological polar surface area (TPSA) is 35.0 Å². The highest BCUT2D eigenvalue weighted by molar-refractivity contribution is 9.09. The SMILES string of the molecule is COc1cc(CC(Br)c2ccc(F)cc2Cl)ncn1. The molecule has 3 nitrogen and oxygen atoms in total. The fourth-order valence-electron chi connectivity index (χ4n) is 1.65. The molecule has 1 aromatic heterocycles.